The van der Waals surface area contributed by atoms with Crippen molar-refractivity contribution in [2.24, 2.45) is 4.99 Å². The van der Waals surface area contributed by atoms with Crippen LogP contribution in [0.3, 0.4) is 0 Å². The Hall–Kier alpha value is -2.16. The van der Waals surface area contributed by atoms with Gasteiger partial charge in [-0.3, -0.25) is 9.56 Å². The van der Waals surface area contributed by atoms with E-state index in [1.165, 1.54) is 11.1 Å². The lowest BCUT2D eigenvalue weighted by molar-refractivity contribution is -0.433. The predicted octanol–water partition coefficient (Wildman–Crippen LogP) is 7.75. The lowest BCUT2D eigenvalue weighted by Gasteiger charge is -2.28. The molecule has 4 rings (SSSR count). The summed E-state index contributed by atoms with van der Waals surface area (Å²) in [7, 11) is -7.20. The molecule has 0 saturated heterocycles. The topological polar surface area (TPSA) is 108 Å². The maximum absolute atomic E-state index is 12.6. The first-order valence-electron chi connectivity index (χ1n) is 14.4. The maximum atomic E-state index is 12.6. The van der Waals surface area contributed by atoms with Crippen LogP contribution in [-0.2, 0) is 34.6 Å². The van der Waals surface area contributed by atoms with Gasteiger partial charge in [0.15, 0.2) is 12.3 Å². The third-order valence-corrected chi connectivity index (χ3v) is 11.2. The van der Waals surface area contributed by atoms with Crippen LogP contribution in [-0.4, -0.2) is 60.6 Å². The van der Waals surface area contributed by atoms with E-state index in [2.05, 4.69) is 37.9 Å². The molecule has 8 nitrogen and oxygen atoms in total. The molecule has 2 unspecified atom stereocenters. The van der Waals surface area contributed by atoms with Gasteiger partial charge in [-0.05, 0) is 52.2 Å². The monoisotopic (exact) mass is 620 g/mol. The Morgan fingerprint density at radius 1 is 0.905 bits per heavy atom. The zero-order valence-electron chi connectivity index (χ0n) is 25.5. The number of para-hydroxylation sites is 2. The Bertz CT molecular complexity index is 1440. The van der Waals surface area contributed by atoms with Gasteiger partial charge in [0, 0.05) is 29.7 Å². The molecule has 0 saturated carbocycles. The number of fused-ring (bicyclic) bond motifs is 2. The second-order valence-corrected chi connectivity index (χ2v) is 14.8. The van der Waals surface area contributed by atoms with Gasteiger partial charge in [-0.15, -0.1) is 0 Å². The molecule has 0 aromatic heterocycles. The number of benzene rings is 2. The lowest BCUT2D eigenvalue weighted by Crippen LogP contribution is -2.31. The third-order valence-electron chi connectivity index (χ3n) is 8.43. The summed E-state index contributed by atoms with van der Waals surface area (Å²) in [5.74, 6) is -0.360. The maximum Gasteiger partial charge on any atom is 0.330 e. The summed E-state index contributed by atoms with van der Waals surface area (Å²) in [6.07, 6.45) is 3.18. The average Bonchev–Trinajstić information content (AvgIpc) is 3.29. The summed E-state index contributed by atoms with van der Waals surface area (Å²) >= 11 is 0. The highest BCUT2D eigenvalue weighted by Gasteiger charge is 2.45. The minimum atomic E-state index is -4.19. The van der Waals surface area contributed by atoms with Gasteiger partial charge in [0.1, 0.15) is 10.1 Å². The minimum Gasteiger partial charge on any atom is -0.748 e. The Labute approximate surface area is 253 Å². The molecule has 0 amide bonds. The zero-order chi connectivity index (χ0) is 30.5. The fourth-order valence-corrected chi connectivity index (χ4v) is 8.18. The first-order valence-corrected chi connectivity index (χ1v) is 17.7. The molecule has 42 heavy (non-hydrogen) atoms. The van der Waals surface area contributed by atoms with Crippen LogP contribution in [0, 0.1) is 0 Å². The smallest absolute Gasteiger partial charge is 0.330 e. The molecule has 0 bridgehead atoms. The molecule has 2 aliphatic rings. The van der Waals surface area contributed by atoms with E-state index >= 15 is 0 Å². The van der Waals surface area contributed by atoms with Gasteiger partial charge < -0.3 is 13.6 Å². The summed E-state index contributed by atoms with van der Waals surface area (Å²) in [6, 6.07) is 16.2. The van der Waals surface area contributed by atoms with Crippen LogP contribution in [0.5, 0.6) is 0 Å². The van der Waals surface area contributed by atoms with Crippen molar-refractivity contribution in [2.45, 2.75) is 86.0 Å². The van der Waals surface area contributed by atoms with E-state index < -0.39 is 17.7 Å². The second kappa shape index (κ2) is 14.5. The van der Waals surface area contributed by atoms with Crippen molar-refractivity contribution in [1.29, 1.82) is 0 Å². The Morgan fingerprint density at radius 3 is 2.05 bits per heavy atom. The van der Waals surface area contributed by atoms with Crippen molar-refractivity contribution in [3.63, 3.8) is 0 Å². The molecule has 2 heterocycles. The molecule has 2 aliphatic heterocycles. The molecule has 0 aliphatic carbocycles. The Morgan fingerprint density at radius 2 is 1.48 bits per heavy atom. The van der Waals surface area contributed by atoms with Crippen molar-refractivity contribution in [3.05, 3.63) is 59.7 Å². The highest BCUT2D eigenvalue weighted by molar-refractivity contribution is 7.85. The van der Waals surface area contributed by atoms with Gasteiger partial charge in [0.25, 0.3) is 0 Å². The third kappa shape index (κ3) is 7.86. The molecule has 0 spiro atoms. The number of rotatable bonds is 12. The van der Waals surface area contributed by atoms with Crippen LogP contribution in [0.15, 0.2) is 53.5 Å². The largest absolute Gasteiger partial charge is 0.748 e. The van der Waals surface area contributed by atoms with Gasteiger partial charge in [-0.1, -0.05) is 64.1 Å². The second-order valence-electron chi connectivity index (χ2n) is 11.1. The number of aliphatic imine (C=N–C) groups is 1. The molecular weight excluding hydrogens is 571 g/mol. The molecular formula is C32H49N2O6PS. The summed E-state index contributed by atoms with van der Waals surface area (Å²) in [6.45, 7) is 15.3. The standard InChI is InChI=1S/C16H24NO3P.C15H21NO3S.CH4/c1-5-19-21(18,20-6-2)12-11-16(4)13(3)17-15-10-8-7-9-14(15)16;1-4-9-15(3)12(2)16(10-11-20(17,18)19)14-8-6-5-7-13(14)15;/h7-10H,5-6,11-12H2,1-4H3;5-8H,4,9-11H2,1-3H3;1H4. The minimum absolute atomic E-state index is 0. The number of hydrogen-bond donors (Lipinski definition) is 0. The fourth-order valence-electron chi connectivity index (χ4n) is 5.93. The Kier molecular flexibility index (Phi) is 12.5. The summed E-state index contributed by atoms with van der Waals surface area (Å²) in [5, 5.41) is 0. The van der Waals surface area contributed by atoms with E-state index in [-0.39, 0.29) is 30.6 Å². The first kappa shape index (κ1) is 36.0. The van der Waals surface area contributed by atoms with E-state index in [4.69, 9.17) is 9.05 Å². The van der Waals surface area contributed by atoms with Gasteiger partial charge in [-0.2, -0.15) is 4.58 Å². The van der Waals surface area contributed by atoms with Crippen LogP contribution >= 0.6 is 7.60 Å². The quantitative estimate of drug-likeness (QED) is 0.136. The lowest BCUT2D eigenvalue weighted by atomic mass is 9.76. The van der Waals surface area contributed by atoms with Crippen LogP contribution in [0.2, 0.25) is 0 Å². The molecule has 234 valence electrons. The van der Waals surface area contributed by atoms with Crippen LogP contribution in [0.4, 0.5) is 11.4 Å². The van der Waals surface area contributed by atoms with E-state index in [9.17, 15) is 17.5 Å². The van der Waals surface area contributed by atoms with Crippen molar-refractivity contribution in [3.8, 4) is 0 Å². The summed E-state index contributed by atoms with van der Waals surface area (Å²) < 4.78 is 58.1. The molecule has 2 aromatic rings. The normalized spacial score (nSPS) is 21.2. The highest BCUT2D eigenvalue weighted by Crippen LogP contribution is 2.52. The zero-order valence-corrected chi connectivity index (χ0v) is 27.2. The first-order chi connectivity index (χ1) is 19.2. The van der Waals surface area contributed by atoms with Gasteiger partial charge in [0.2, 0.25) is 5.69 Å². The molecule has 10 heteroatoms. The molecule has 2 aromatic carbocycles. The van der Waals surface area contributed by atoms with Crippen molar-refractivity contribution >= 4 is 40.5 Å². The number of hydrogen-bond acceptors (Lipinski definition) is 7. The number of nitrogens with zero attached hydrogens (tertiary/aromatic N) is 2. The predicted molar refractivity (Wildman–Crippen MR) is 172 cm³/mol. The van der Waals surface area contributed by atoms with Crippen molar-refractivity contribution in [1.82, 2.24) is 0 Å². The fraction of sp³-hybridized carbons (Fsp3) is 0.562. The van der Waals surface area contributed by atoms with Crippen LogP contribution < -0.4 is 0 Å². The van der Waals surface area contributed by atoms with Gasteiger partial charge in [-0.25, -0.2) is 8.42 Å². The van der Waals surface area contributed by atoms with Crippen LogP contribution in [0.1, 0.15) is 86.3 Å². The molecule has 0 radical (unpaired) electrons. The highest BCUT2D eigenvalue weighted by atomic mass is 32.2. The summed E-state index contributed by atoms with van der Waals surface area (Å²) in [5.41, 5.74) is 6.39. The molecule has 0 fully saturated rings. The van der Waals surface area contributed by atoms with E-state index in [0.717, 1.165) is 35.6 Å². The van der Waals surface area contributed by atoms with Crippen LogP contribution in [0.25, 0.3) is 0 Å². The van der Waals surface area contributed by atoms with E-state index in [1.807, 2.05) is 68.7 Å². The molecule has 0 N–H and O–H groups in total. The van der Waals surface area contributed by atoms with Crippen molar-refractivity contribution < 1.29 is 31.2 Å². The SMILES string of the molecule is C.CCCC1(C)C(C)=[N+](CCS(=O)(=O)[O-])c2ccccc21.CCOP(=O)(CCC1(C)C(C)=Nc2ccccc21)OCC. The van der Waals surface area contributed by atoms with E-state index in [1.54, 1.807) is 0 Å². The van der Waals surface area contributed by atoms with Crippen molar-refractivity contribution in [2.75, 3.05) is 31.7 Å². The van der Waals surface area contributed by atoms with Gasteiger partial charge >= 0.3 is 7.60 Å². The average molecular weight is 621 g/mol. The Balaban J connectivity index is 0.000000287. The van der Waals surface area contributed by atoms with Gasteiger partial charge in [0.05, 0.1) is 36.2 Å². The molecule has 2 atom stereocenters. The van der Waals surface area contributed by atoms with E-state index in [0.29, 0.717) is 25.8 Å². The summed E-state index contributed by atoms with van der Waals surface area (Å²) in [4.78, 5) is 4.64.